The van der Waals surface area contributed by atoms with Gasteiger partial charge in [0.05, 0.1) is 24.6 Å². The third-order valence-corrected chi connectivity index (χ3v) is 9.29. The van der Waals surface area contributed by atoms with Crippen molar-refractivity contribution in [2.24, 2.45) is 11.7 Å². The predicted octanol–water partition coefficient (Wildman–Crippen LogP) is 1.76. The first-order valence-electron chi connectivity index (χ1n) is 11.6. The van der Waals surface area contributed by atoms with Gasteiger partial charge in [-0.3, -0.25) is 19.2 Å². The Kier molecular flexibility index (Phi) is 6.12. The van der Waals surface area contributed by atoms with Crippen molar-refractivity contribution in [1.29, 1.82) is 0 Å². The average Bonchev–Trinajstić information content (AvgIpc) is 3.75. The van der Waals surface area contributed by atoms with E-state index in [1.54, 1.807) is 29.2 Å². The van der Waals surface area contributed by atoms with E-state index in [1.165, 1.54) is 13.3 Å². The molecule has 0 spiro atoms. The Morgan fingerprint density at radius 3 is 2.69 bits per heavy atom. The van der Waals surface area contributed by atoms with Gasteiger partial charge in [-0.1, -0.05) is 17.7 Å². The molecule has 36 heavy (non-hydrogen) atoms. The normalized spacial score (nSPS) is 28.0. The maximum atomic E-state index is 13.3. The molecule has 12 heteroatoms. The molecule has 1 aromatic heterocycles. The minimum atomic E-state index is -3.77. The van der Waals surface area contributed by atoms with Crippen molar-refractivity contribution < 1.29 is 27.5 Å². The topological polar surface area (TPSA) is 141 Å². The molecule has 2 aliphatic carbocycles. The number of nitrogens with one attached hydrogen (secondary N) is 1. The number of pyridine rings is 1. The lowest BCUT2D eigenvalue weighted by atomic mass is 10.1. The third kappa shape index (κ3) is 4.18. The number of primary amides is 1. The van der Waals surface area contributed by atoms with E-state index in [9.17, 15) is 18.0 Å². The van der Waals surface area contributed by atoms with Crippen LogP contribution in [0.25, 0.3) is 10.8 Å². The van der Waals surface area contributed by atoms with Crippen molar-refractivity contribution in [3.63, 3.8) is 0 Å². The average molecular weight is 535 g/mol. The second-order valence-corrected chi connectivity index (χ2v) is 11.9. The molecule has 5 rings (SSSR count). The standard InChI is InChI=1S/C24H27ClN4O6S/c1-3-13-10-24(13,23(31)28-36(32,33)16-5-6-16)29-12-15(9-19(29)21(26)30)35-22-18-8-14(25)4-7-17(18)20(34-2)11-27-22/h3-4,7-8,11,13,15-16,19H,1,5-6,9-10,12H2,2H3,(H2,26,30)(H,28,31)/t13-,15-,19+,24-/m1/s1. The summed E-state index contributed by atoms with van der Waals surface area (Å²) in [5.41, 5.74) is 4.49. The molecule has 10 nitrogen and oxygen atoms in total. The van der Waals surface area contributed by atoms with Gasteiger partial charge >= 0.3 is 0 Å². The monoisotopic (exact) mass is 534 g/mol. The number of benzene rings is 1. The molecular weight excluding hydrogens is 508 g/mol. The van der Waals surface area contributed by atoms with Gasteiger partial charge in [-0.15, -0.1) is 6.58 Å². The SMILES string of the molecule is C=C[C@@H]1C[C@@]1(C(=O)NS(=O)(=O)C1CC1)N1C[C@H](Oc2ncc(OC)c3ccc(Cl)cc23)C[C@H]1C(N)=O. The number of halogens is 1. The van der Waals surface area contributed by atoms with E-state index in [2.05, 4.69) is 16.3 Å². The lowest BCUT2D eigenvalue weighted by molar-refractivity contribution is -0.130. The Morgan fingerprint density at radius 2 is 2.08 bits per heavy atom. The minimum Gasteiger partial charge on any atom is -0.494 e. The lowest BCUT2D eigenvalue weighted by Crippen LogP contribution is -2.56. The number of likely N-dealkylation sites (tertiary alicyclic amines) is 1. The molecule has 1 saturated heterocycles. The van der Waals surface area contributed by atoms with Crippen molar-refractivity contribution in [2.75, 3.05) is 13.7 Å². The molecule has 1 aliphatic heterocycles. The number of amides is 2. The fraction of sp³-hybridized carbons (Fsp3) is 0.458. The molecule has 2 saturated carbocycles. The van der Waals surface area contributed by atoms with Gasteiger partial charge in [-0.25, -0.2) is 13.4 Å². The lowest BCUT2D eigenvalue weighted by Gasteiger charge is -2.31. The summed E-state index contributed by atoms with van der Waals surface area (Å²) in [7, 11) is -2.23. The van der Waals surface area contributed by atoms with Gasteiger partial charge in [0.25, 0.3) is 5.91 Å². The molecule has 192 valence electrons. The highest BCUT2D eigenvalue weighted by Crippen LogP contribution is 2.52. The summed E-state index contributed by atoms with van der Waals surface area (Å²) in [4.78, 5) is 31.8. The van der Waals surface area contributed by atoms with Gasteiger partial charge in [-0.05, 0) is 37.5 Å². The van der Waals surface area contributed by atoms with Gasteiger partial charge < -0.3 is 15.2 Å². The molecule has 2 amide bonds. The summed E-state index contributed by atoms with van der Waals surface area (Å²) in [6.45, 7) is 3.96. The summed E-state index contributed by atoms with van der Waals surface area (Å²) in [6, 6.07) is 4.42. The van der Waals surface area contributed by atoms with Crippen LogP contribution in [0.1, 0.15) is 25.7 Å². The number of carbonyl (C=O) groups excluding carboxylic acids is 2. The number of rotatable bonds is 9. The summed E-state index contributed by atoms with van der Waals surface area (Å²) < 4.78 is 38.8. The zero-order valence-electron chi connectivity index (χ0n) is 19.6. The number of hydrogen-bond acceptors (Lipinski definition) is 8. The Bertz CT molecular complexity index is 1360. The smallest absolute Gasteiger partial charge is 0.254 e. The second-order valence-electron chi connectivity index (χ2n) is 9.51. The molecule has 0 radical (unpaired) electrons. The fourth-order valence-electron chi connectivity index (χ4n) is 5.13. The maximum Gasteiger partial charge on any atom is 0.254 e. The molecule has 3 N–H and O–H groups in total. The van der Waals surface area contributed by atoms with Crippen LogP contribution in [0.3, 0.4) is 0 Å². The number of sulfonamides is 1. The van der Waals surface area contributed by atoms with Crippen molar-refractivity contribution in [3.8, 4) is 11.6 Å². The van der Waals surface area contributed by atoms with Gasteiger partial charge in [-0.2, -0.15) is 0 Å². The first-order valence-corrected chi connectivity index (χ1v) is 13.6. The van der Waals surface area contributed by atoms with Crippen LogP contribution in [-0.2, 0) is 19.6 Å². The second kappa shape index (κ2) is 8.89. The van der Waals surface area contributed by atoms with Crippen LogP contribution in [0.4, 0.5) is 0 Å². The van der Waals surface area contributed by atoms with Gasteiger partial charge in [0.15, 0.2) is 0 Å². The molecule has 0 unspecified atom stereocenters. The highest BCUT2D eigenvalue weighted by Gasteiger charge is 2.67. The van der Waals surface area contributed by atoms with Crippen LogP contribution in [0.2, 0.25) is 5.02 Å². The van der Waals surface area contributed by atoms with E-state index < -0.39 is 44.8 Å². The first-order chi connectivity index (χ1) is 17.1. The van der Waals surface area contributed by atoms with E-state index in [-0.39, 0.29) is 18.9 Å². The molecule has 0 bridgehead atoms. The van der Waals surface area contributed by atoms with Gasteiger partial charge in [0, 0.05) is 34.7 Å². The molecule has 2 aromatic rings. The Hall–Kier alpha value is -2.89. The summed E-state index contributed by atoms with van der Waals surface area (Å²) in [5.74, 6) is -0.758. The maximum absolute atomic E-state index is 13.3. The third-order valence-electron chi connectivity index (χ3n) is 7.24. The molecule has 3 aliphatic rings. The number of methoxy groups -OCH3 is 1. The number of fused-ring (bicyclic) bond motifs is 1. The Balaban J connectivity index is 1.44. The van der Waals surface area contributed by atoms with Crippen LogP contribution in [-0.4, -0.2) is 66.7 Å². The van der Waals surface area contributed by atoms with Crippen LogP contribution in [0.15, 0.2) is 37.1 Å². The quantitative estimate of drug-likeness (QED) is 0.464. The predicted molar refractivity (Wildman–Crippen MR) is 133 cm³/mol. The number of hydrogen-bond donors (Lipinski definition) is 2. The van der Waals surface area contributed by atoms with Crippen LogP contribution < -0.4 is 19.9 Å². The minimum absolute atomic E-state index is 0.171. The molecule has 1 aromatic carbocycles. The van der Waals surface area contributed by atoms with E-state index in [0.717, 1.165) is 5.39 Å². The number of nitrogens with zero attached hydrogens (tertiary/aromatic N) is 2. The van der Waals surface area contributed by atoms with E-state index in [1.807, 2.05) is 0 Å². The largest absolute Gasteiger partial charge is 0.494 e. The van der Waals surface area contributed by atoms with Gasteiger partial charge in [0.1, 0.15) is 17.4 Å². The zero-order valence-corrected chi connectivity index (χ0v) is 21.2. The number of nitrogens with two attached hydrogens (primary N) is 1. The number of carbonyl (C=O) groups is 2. The molecule has 4 atom stereocenters. The van der Waals surface area contributed by atoms with Crippen LogP contribution in [0.5, 0.6) is 11.6 Å². The summed E-state index contributed by atoms with van der Waals surface area (Å²) in [5, 5.41) is 1.32. The van der Waals surface area contributed by atoms with Crippen molar-refractivity contribution in [2.45, 2.75) is 48.6 Å². The molecule has 3 fully saturated rings. The van der Waals surface area contributed by atoms with E-state index >= 15 is 0 Å². The number of ether oxygens (including phenoxy) is 2. The van der Waals surface area contributed by atoms with E-state index in [0.29, 0.717) is 41.3 Å². The van der Waals surface area contributed by atoms with Crippen LogP contribution in [0, 0.1) is 5.92 Å². The summed E-state index contributed by atoms with van der Waals surface area (Å²) >= 11 is 6.21. The van der Waals surface area contributed by atoms with Crippen molar-refractivity contribution in [3.05, 3.63) is 42.1 Å². The Labute approximate surface area is 213 Å². The Morgan fingerprint density at radius 1 is 1.33 bits per heavy atom. The van der Waals surface area contributed by atoms with Crippen LogP contribution >= 0.6 is 11.6 Å². The highest BCUT2D eigenvalue weighted by atomic mass is 35.5. The van der Waals surface area contributed by atoms with Gasteiger partial charge in [0.2, 0.25) is 21.8 Å². The molecular formula is C24H27ClN4O6S. The molecule has 2 heterocycles. The van der Waals surface area contributed by atoms with Crippen molar-refractivity contribution >= 4 is 44.2 Å². The zero-order chi connectivity index (χ0) is 25.8. The first kappa shape index (κ1) is 24.8. The van der Waals surface area contributed by atoms with Crippen molar-refractivity contribution in [1.82, 2.24) is 14.6 Å². The van der Waals surface area contributed by atoms with E-state index in [4.69, 9.17) is 26.8 Å². The highest BCUT2D eigenvalue weighted by molar-refractivity contribution is 7.91. The fourth-order valence-corrected chi connectivity index (χ4v) is 6.66. The summed E-state index contributed by atoms with van der Waals surface area (Å²) in [6.07, 6.45) is 4.19. The number of aromatic nitrogens is 1.